The van der Waals surface area contributed by atoms with Gasteiger partial charge in [-0.25, -0.2) is 9.30 Å². The predicted molar refractivity (Wildman–Crippen MR) is 68.2 cm³/mol. The van der Waals surface area contributed by atoms with Crippen LogP contribution in [0.3, 0.4) is 0 Å². The Bertz CT molecular complexity index is 665. The second-order valence-corrected chi connectivity index (χ2v) is 4.13. The molecule has 0 saturated carbocycles. The van der Waals surface area contributed by atoms with E-state index in [0.717, 1.165) is 0 Å². The molecule has 1 amide bonds. The Kier molecular flexibility index (Phi) is 3.21. The highest BCUT2D eigenvalue weighted by molar-refractivity contribution is 6.02. The molecule has 6 heteroatoms. The number of amides is 1. The molecule has 96 valence electrons. The van der Waals surface area contributed by atoms with E-state index in [4.69, 9.17) is 5.26 Å². The minimum atomic E-state index is -0.474. The zero-order valence-corrected chi connectivity index (χ0v) is 10.5. The number of carbonyl (C=O) groups is 1. The largest absolute Gasteiger partial charge is 0.710 e. The standard InChI is InChI=1S/C13H12N4O2/c1-9-12(17(19)8-16(9)2)13(18)15-11-5-3-10(7-14)4-6-11/h3-6,8H,1-2H3,(H,15,18). The van der Waals surface area contributed by atoms with Gasteiger partial charge in [-0.15, -0.1) is 0 Å². The van der Waals surface area contributed by atoms with Gasteiger partial charge < -0.3 is 10.5 Å². The SMILES string of the molecule is Cc1c(C(=O)Nc2ccc(C#N)cc2)[n+]([O-])cn1C. The number of imidazole rings is 1. The zero-order chi connectivity index (χ0) is 14.0. The lowest BCUT2D eigenvalue weighted by atomic mass is 10.2. The van der Waals surface area contributed by atoms with Gasteiger partial charge >= 0.3 is 0 Å². The van der Waals surface area contributed by atoms with E-state index in [2.05, 4.69) is 5.32 Å². The van der Waals surface area contributed by atoms with Crippen LogP contribution in [0.2, 0.25) is 0 Å². The number of hydrogen-bond donors (Lipinski definition) is 1. The Hall–Kier alpha value is -2.81. The molecular formula is C13H12N4O2. The molecule has 1 aromatic carbocycles. The summed E-state index contributed by atoms with van der Waals surface area (Å²) in [4.78, 5) is 12.0. The van der Waals surface area contributed by atoms with E-state index in [1.165, 1.54) is 6.33 Å². The van der Waals surface area contributed by atoms with E-state index in [0.29, 0.717) is 21.7 Å². The summed E-state index contributed by atoms with van der Waals surface area (Å²) in [6.45, 7) is 1.70. The number of aromatic nitrogens is 2. The highest BCUT2D eigenvalue weighted by Crippen LogP contribution is 2.11. The summed E-state index contributed by atoms with van der Waals surface area (Å²) < 4.78 is 2.12. The molecule has 0 aliphatic rings. The summed E-state index contributed by atoms with van der Waals surface area (Å²) >= 11 is 0. The fraction of sp³-hybridized carbons (Fsp3) is 0.154. The Balaban J connectivity index is 2.23. The fourth-order valence-corrected chi connectivity index (χ4v) is 1.71. The maximum Gasteiger partial charge on any atom is 0.300 e. The summed E-state index contributed by atoms with van der Waals surface area (Å²) in [7, 11) is 1.70. The average Bonchev–Trinajstić information content (AvgIpc) is 2.64. The fourth-order valence-electron chi connectivity index (χ4n) is 1.71. The zero-order valence-electron chi connectivity index (χ0n) is 10.5. The van der Waals surface area contributed by atoms with E-state index in [-0.39, 0.29) is 5.69 Å². The van der Waals surface area contributed by atoms with Crippen molar-refractivity contribution in [1.29, 1.82) is 5.26 Å². The Morgan fingerprint density at radius 1 is 1.42 bits per heavy atom. The Morgan fingerprint density at radius 2 is 2.05 bits per heavy atom. The first kappa shape index (κ1) is 12.6. The summed E-state index contributed by atoms with van der Waals surface area (Å²) in [5.41, 5.74) is 1.69. The van der Waals surface area contributed by atoms with Crippen molar-refractivity contribution in [3.8, 4) is 6.07 Å². The van der Waals surface area contributed by atoms with E-state index in [9.17, 15) is 10.0 Å². The number of benzene rings is 1. The molecule has 0 bridgehead atoms. The van der Waals surface area contributed by atoms with Gasteiger partial charge in [0.2, 0.25) is 12.0 Å². The Labute approximate surface area is 110 Å². The van der Waals surface area contributed by atoms with Crippen LogP contribution in [0.1, 0.15) is 21.7 Å². The molecule has 1 aromatic heterocycles. The monoisotopic (exact) mass is 256 g/mol. The molecule has 2 rings (SSSR count). The number of aryl methyl sites for hydroxylation is 1. The second kappa shape index (κ2) is 4.82. The Morgan fingerprint density at radius 3 is 2.53 bits per heavy atom. The molecule has 0 aliphatic heterocycles. The lowest BCUT2D eigenvalue weighted by Crippen LogP contribution is -2.34. The maximum atomic E-state index is 12.0. The minimum Gasteiger partial charge on any atom is -0.710 e. The van der Waals surface area contributed by atoms with Gasteiger partial charge in [0.05, 0.1) is 18.7 Å². The van der Waals surface area contributed by atoms with Crippen LogP contribution in [0.4, 0.5) is 5.69 Å². The van der Waals surface area contributed by atoms with Crippen molar-refractivity contribution >= 4 is 11.6 Å². The molecule has 1 N–H and O–H groups in total. The average molecular weight is 256 g/mol. The van der Waals surface area contributed by atoms with E-state index >= 15 is 0 Å². The molecule has 0 fully saturated rings. The third-order valence-electron chi connectivity index (χ3n) is 2.86. The number of nitrogens with one attached hydrogen (secondary N) is 1. The minimum absolute atomic E-state index is 0.0619. The van der Waals surface area contributed by atoms with Crippen molar-refractivity contribution in [1.82, 2.24) is 4.57 Å². The van der Waals surface area contributed by atoms with Gasteiger partial charge in [-0.1, -0.05) is 0 Å². The van der Waals surface area contributed by atoms with Gasteiger partial charge in [0.15, 0.2) is 5.69 Å². The maximum absolute atomic E-state index is 12.0. The van der Waals surface area contributed by atoms with Crippen LogP contribution in [-0.2, 0) is 7.05 Å². The van der Waals surface area contributed by atoms with Crippen LogP contribution in [0.15, 0.2) is 30.6 Å². The lowest BCUT2D eigenvalue weighted by Gasteiger charge is -2.05. The third kappa shape index (κ3) is 2.40. The smallest absolute Gasteiger partial charge is 0.300 e. The van der Waals surface area contributed by atoms with Crippen LogP contribution < -0.4 is 10.0 Å². The summed E-state index contributed by atoms with van der Waals surface area (Å²) in [5.74, 6) is -0.474. The van der Waals surface area contributed by atoms with Crippen molar-refractivity contribution in [3.63, 3.8) is 0 Å². The van der Waals surface area contributed by atoms with E-state index < -0.39 is 5.91 Å². The summed E-state index contributed by atoms with van der Waals surface area (Å²) in [5, 5.41) is 22.9. The molecular weight excluding hydrogens is 244 g/mol. The highest BCUT2D eigenvalue weighted by Gasteiger charge is 2.21. The van der Waals surface area contributed by atoms with Crippen molar-refractivity contribution in [2.45, 2.75) is 6.92 Å². The van der Waals surface area contributed by atoms with Crippen molar-refractivity contribution in [2.75, 3.05) is 5.32 Å². The van der Waals surface area contributed by atoms with Gasteiger partial charge in [0.25, 0.3) is 5.91 Å². The number of anilines is 1. The molecule has 0 unspecified atom stereocenters. The first-order valence-corrected chi connectivity index (χ1v) is 5.59. The number of rotatable bonds is 2. The first-order chi connectivity index (χ1) is 9.02. The summed E-state index contributed by atoms with van der Waals surface area (Å²) in [6, 6.07) is 8.41. The molecule has 0 radical (unpaired) electrons. The van der Waals surface area contributed by atoms with Gasteiger partial charge in [-0.05, 0) is 24.3 Å². The first-order valence-electron chi connectivity index (χ1n) is 5.59. The van der Waals surface area contributed by atoms with Crippen LogP contribution in [0, 0.1) is 23.5 Å². The van der Waals surface area contributed by atoms with E-state index in [1.54, 1.807) is 42.8 Å². The molecule has 6 nitrogen and oxygen atoms in total. The highest BCUT2D eigenvalue weighted by atomic mass is 16.5. The molecule has 0 atom stereocenters. The van der Waals surface area contributed by atoms with Gasteiger partial charge in [0.1, 0.15) is 0 Å². The molecule has 0 saturated heterocycles. The molecule has 1 heterocycles. The summed E-state index contributed by atoms with van der Waals surface area (Å²) in [6.07, 6.45) is 1.29. The number of nitriles is 1. The van der Waals surface area contributed by atoms with Gasteiger partial charge in [-0.2, -0.15) is 5.26 Å². The predicted octanol–water partition coefficient (Wildman–Crippen LogP) is 1.09. The molecule has 19 heavy (non-hydrogen) atoms. The molecule has 0 spiro atoms. The van der Waals surface area contributed by atoms with Gasteiger partial charge in [-0.3, -0.25) is 4.79 Å². The quantitative estimate of drug-likeness (QED) is 0.644. The second-order valence-electron chi connectivity index (χ2n) is 4.13. The van der Waals surface area contributed by atoms with E-state index in [1.807, 2.05) is 6.07 Å². The molecule has 0 aliphatic carbocycles. The topological polar surface area (TPSA) is 84.8 Å². The lowest BCUT2D eigenvalue weighted by molar-refractivity contribution is -0.607. The van der Waals surface area contributed by atoms with Gasteiger partial charge in [0, 0.05) is 12.6 Å². The van der Waals surface area contributed by atoms with Crippen molar-refractivity contribution in [2.24, 2.45) is 7.05 Å². The van der Waals surface area contributed by atoms with Crippen LogP contribution in [0.5, 0.6) is 0 Å². The van der Waals surface area contributed by atoms with Crippen LogP contribution >= 0.6 is 0 Å². The van der Waals surface area contributed by atoms with Crippen molar-refractivity contribution < 1.29 is 9.52 Å². The van der Waals surface area contributed by atoms with Crippen molar-refractivity contribution in [3.05, 3.63) is 52.8 Å². The number of nitrogens with zero attached hydrogens (tertiary/aromatic N) is 3. The van der Waals surface area contributed by atoms with Crippen LogP contribution in [0.25, 0.3) is 0 Å². The number of carbonyl (C=O) groups excluding carboxylic acids is 1. The normalized spacial score (nSPS) is 9.95. The number of hydrogen-bond acceptors (Lipinski definition) is 3. The third-order valence-corrected chi connectivity index (χ3v) is 2.86. The molecule has 2 aromatic rings. The van der Waals surface area contributed by atoms with Crippen LogP contribution in [-0.4, -0.2) is 10.5 Å².